The maximum atomic E-state index is 5.73. The standard InChI is InChI=1S/C12H15N3S/c1-8-3-9(2)5-10(4-8)7-16-11-6-14-15-12(11)13/h3-6H,7H2,1-2H3,(H3,13,14,15). The van der Waals surface area contributed by atoms with Crippen molar-refractivity contribution in [3.8, 4) is 0 Å². The summed E-state index contributed by atoms with van der Waals surface area (Å²) in [4.78, 5) is 1.01. The summed E-state index contributed by atoms with van der Waals surface area (Å²) in [5.41, 5.74) is 9.65. The molecule has 1 heterocycles. The van der Waals surface area contributed by atoms with E-state index in [0.717, 1.165) is 10.6 Å². The fourth-order valence-corrected chi connectivity index (χ4v) is 2.53. The average Bonchev–Trinajstić information content (AvgIpc) is 2.59. The number of benzene rings is 1. The number of anilines is 1. The van der Waals surface area contributed by atoms with Gasteiger partial charge in [-0.15, -0.1) is 11.8 Å². The lowest BCUT2D eigenvalue weighted by Gasteiger charge is -2.04. The SMILES string of the molecule is Cc1cc(C)cc(CSc2cn[nH]c2N)c1. The van der Waals surface area contributed by atoms with Crippen molar-refractivity contribution in [2.75, 3.05) is 5.73 Å². The van der Waals surface area contributed by atoms with E-state index in [4.69, 9.17) is 5.73 Å². The summed E-state index contributed by atoms with van der Waals surface area (Å²) in [6.07, 6.45) is 1.77. The number of nitrogens with two attached hydrogens (primary N) is 1. The van der Waals surface area contributed by atoms with E-state index < -0.39 is 0 Å². The third-order valence-corrected chi connectivity index (χ3v) is 3.42. The fraction of sp³-hybridized carbons (Fsp3) is 0.250. The van der Waals surface area contributed by atoms with Gasteiger partial charge in [0.15, 0.2) is 0 Å². The van der Waals surface area contributed by atoms with Gasteiger partial charge in [0.1, 0.15) is 5.82 Å². The average molecular weight is 233 g/mol. The van der Waals surface area contributed by atoms with Crippen molar-refractivity contribution in [3.05, 3.63) is 41.1 Å². The number of hydrogen-bond acceptors (Lipinski definition) is 3. The van der Waals surface area contributed by atoms with Crippen LogP contribution in [0, 0.1) is 13.8 Å². The van der Waals surface area contributed by atoms with Crippen LogP contribution in [0.15, 0.2) is 29.3 Å². The Labute approximate surface area is 99.4 Å². The molecule has 0 aliphatic carbocycles. The smallest absolute Gasteiger partial charge is 0.132 e. The number of rotatable bonds is 3. The molecule has 84 valence electrons. The van der Waals surface area contributed by atoms with Crippen molar-refractivity contribution < 1.29 is 0 Å². The molecule has 0 aliphatic heterocycles. The molecule has 16 heavy (non-hydrogen) atoms. The molecular weight excluding hydrogens is 218 g/mol. The van der Waals surface area contributed by atoms with Gasteiger partial charge < -0.3 is 5.73 Å². The monoisotopic (exact) mass is 233 g/mol. The minimum absolute atomic E-state index is 0.648. The van der Waals surface area contributed by atoms with Gasteiger partial charge in [-0.2, -0.15) is 5.10 Å². The predicted octanol–water partition coefficient (Wildman–Crippen LogP) is 2.90. The maximum Gasteiger partial charge on any atom is 0.132 e. The maximum absolute atomic E-state index is 5.73. The number of H-pyrrole nitrogens is 1. The molecule has 0 bridgehead atoms. The van der Waals surface area contributed by atoms with E-state index in [1.165, 1.54) is 16.7 Å². The second-order valence-corrected chi connectivity index (χ2v) is 4.95. The van der Waals surface area contributed by atoms with Gasteiger partial charge in [-0.3, -0.25) is 5.10 Å². The van der Waals surface area contributed by atoms with Crippen LogP contribution < -0.4 is 5.73 Å². The third-order valence-electron chi connectivity index (χ3n) is 2.31. The van der Waals surface area contributed by atoms with Crippen LogP contribution in [0.2, 0.25) is 0 Å². The summed E-state index contributed by atoms with van der Waals surface area (Å²) >= 11 is 1.71. The van der Waals surface area contributed by atoms with Gasteiger partial charge in [-0.05, 0) is 19.4 Å². The van der Waals surface area contributed by atoms with Crippen molar-refractivity contribution in [1.29, 1.82) is 0 Å². The Bertz CT molecular complexity index is 471. The molecule has 0 saturated carbocycles. The van der Waals surface area contributed by atoms with E-state index in [9.17, 15) is 0 Å². The Morgan fingerprint density at radius 2 is 1.94 bits per heavy atom. The van der Waals surface area contributed by atoms with Crippen LogP contribution in [0.4, 0.5) is 5.82 Å². The first kappa shape index (κ1) is 11.1. The van der Waals surface area contributed by atoms with Gasteiger partial charge in [0.05, 0.1) is 11.1 Å². The molecule has 0 aliphatic rings. The molecule has 0 unspecified atom stereocenters. The molecule has 1 aromatic heterocycles. The third kappa shape index (κ3) is 2.58. The van der Waals surface area contributed by atoms with Crippen LogP contribution in [0.1, 0.15) is 16.7 Å². The first-order valence-corrected chi connectivity index (χ1v) is 6.12. The molecule has 2 aromatic rings. The molecule has 0 radical (unpaired) electrons. The lowest BCUT2D eigenvalue weighted by molar-refractivity contribution is 1.10. The summed E-state index contributed by atoms with van der Waals surface area (Å²) < 4.78 is 0. The molecule has 1 aromatic carbocycles. The number of aromatic nitrogens is 2. The van der Waals surface area contributed by atoms with Crippen LogP contribution >= 0.6 is 11.8 Å². The Balaban J connectivity index is 2.07. The molecule has 0 spiro atoms. The predicted molar refractivity (Wildman–Crippen MR) is 68.5 cm³/mol. The summed E-state index contributed by atoms with van der Waals surface area (Å²) in [7, 11) is 0. The Kier molecular flexibility index (Phi) is 3.19. The van der Waals surface area contributed by atoms with E-state index >= 15 is 0 Å². The van der Waals surface area contributed by atoms with E-state index in [2.05, 4.69) is 42.2 Å². The first-order chi connectivity index (χ1) is 7.65. The molecule has 3 nitrogen and oxygen atoms in total. The highest BCUT2D eigenvalue weighted by Gasteiger charge is 2.03. The van der Waals surface area contributed by atoms with E-state index in [-0.39, 0.29) is 0 Å². The van der Waals surface area contributed by atoms with Crippen LogP contribution in [0.5, 0.6) is 0 Å². The van der Waals surface area contributed by atoms with E-state index in [1.54, 1.807) is 18.0 Å². The molecule has 3 N–H and O–H groups in total. The lowest BCUT2D eigenvalue weighted by atomic mass is 10.1. The topological polar surface area (TPSA) is 54.7 Å². The number of hydrogen-bond donors (Lipinski definition) is 2. The number of aromatic amines is 1. The second-order valence-electron chi connectivity index (χ2n) is 3.93. The van der Waals surface area contributed by atoms with Gasteiger partial charge in [-0.1, -0.05) is 29.3 Å². The van der Waals surface area contributed by atoms with Crippen molar-refractivity contribution >= 4 is 17.6 Å². The molecule has 0 atom stereocenters. The Hall–Kier alpha value is -1.42. The van der Waals surface area contributed by atoms with E-state index in [0.29, 0.717) is 5.82 Å². The summed E-state index contributed by atoms with van der Waals surface area (Å²) in [5, 5.41) is 6.63. The van der Waals surface area contributed by atoms with E-state index in [1.807, 2.05) is 0 Å². The summed E-state index contributed by atoms with van der Waals surface area (Å²) in [6, 6.07) is 6.59. The highest BCUT2D eigenvalue weighted by Crippen LogP contribution is 2.26. The molecule has 2 rings (SSSR count). The highest BCUT2D eigenvalue weighted by molar-refractivity contribution is 7.98. The minimum atomic E-state index is 0.648. The normalized spacial score (nSPS) is 10.6. The van der Waals surface area contributed by atoms with Gasteiger partial charge in [0, 0.05) is 5.75 Å². The number of thioether (sulfide) groups is 1. The zero-order chi connectivity index (χ0) is 11.5. The van der Waals surface area contributed by atoms with Crippen LogP contribution in [0.3, 0.4) is 0 Å². The van der Waals surface area contributed by atoms with Gasteiger partial charge in [0.25, 0.3) is 0 Å². The molecular formula is C12H15N3S. The van der Waals surface area contributed by atoms with Crippen LogP contribution in [0.25, 0.3) is 0 Å². The highest BCUT2D eigenvalue weighted by atomic mass is 32.2. The number of nitrogen functional groups attached to an aromatic ring is 1. The number of nitrogens with zero attached hydrogens (tertiary/aromatic N) is 1. The Morgan fingerprint density at radius 3 is 2.50 bits per heavy atom. The zero-order valence-corrected chi connectivity index (χ0v) is 10.3. The van der Waals surface area contributed by atoms with Crippen molar-refractivity contribution in [3.63, 3.8) is 0 Å². The van der Waals surface area contributed by atoms with Gasteiger partial charge in [-0.25, -0.2) is 0 Å². The Morgan fingerprint density at radius 1 is 1.25 bits per heavy atom. The first-order valence-electron chi connectivity index (χ1n) is 5.14. The lowest BCUT2D eigenvalue weighted by Crippen LogP contribution is -1.88. The zero-order valence-electron chi connectivity index (χ0n) is 9.45. The van der Waals surface area contributed by atoms with Crippen LogP contribution in [-0.4, -0.2) is 10.2 Å². The second kappa shape index (κ2) is 4.61. The number of aryl methyl sites for hydroxylation is 2. The number of nitrogens with one attached hydrogen (secondary N) is 1. The quantitative estimate of drug-likeness (QED) is 0.801. The van der Waals surface area contributed by atoms with Crippen LogP contribution in [-0.2, 0) is 5.75 Å². The molecule has 0 fully saturated rings. The van der Waals surface area contributed by atoms with Crippen molar-refractivity contribution in [2.24, 2.45) is 0 Å². The summed E-state index contributed by atoms with van der Waals surface area (Å²) in [5.74, 6) is 1.57. The van der Waals surface area contributed by atoms with Crippen molar-refractivity contribution in [2.45, 2.75) is 24.5 Å². The molecule has 0 amide bonds. The minimum Gasteiger partial charge on any atom is -0.383 e. The largest absolute Gasteiger partial charge is 0.383 e. The fourth-order valence-electron chi connectivity index (χ4n) is 1.71. The molecule has 0 saturated heterocycles. The van der Waals surface area contributed by atoms with Crippen molar-refractivity contribution in [1.82, 2.24) is 10.2 Å². The van der Waals surface area contributed by atoms with Gasteiger partial charge >= 0.3 is 0 Å². The van der Waals surface area contributed by atoms with Gasteiger partial charge in [0.2, 0.25) is 0 Å². The summed E-state index contributed by atoms with van der Waals surface area (Å²) in [6.45, 7) is 4.24. The molecule has 4 heteroatoms.